The molecule has 0 N–H and O–H groups in total. The van der Waals surface area contributed by atoms with Crippen LogP contribution in [0, 0.1) is 0 Å². The van der Waals surface area contributed by atoms with Gasteiger partial charge in [0.25, 0.3) is 0 Å². The summed E-state index contributed by atoms with van der Waals surface area (Å²) in [5.74, 6) is 0. The van der Waals surface area contributed by atoms with Crippen LogP contribution in [0.5, 0.6) is 0 Å². The molecule has 0 spiro atoms. The van der Waals surface area contributed by atoms with E-state index in [-0.39, 0.29) is 30.8 Å². The number of hydrogen-bond acceptors (Lipinski definition) is 3. The van der Waals surface area contributed by atoms with Crippen LogP contribution in [0.15, 0.2) is 35.2 Å². The van der Waals surface area contributed by atoms with Crippen molar-refractivity contribution in [3.8, 4) is 0 Å². The summed E-state index contributed by atoms with van der Waals surface area (Å²) in [5.41, 5.74) is 0. The van der Waals surface area contributed by atoms with E-state index in [1.54, 1.807) is 18.2 Å². The number of piperidine rings is 1. The lowest BCUT2D eigenvalue weighted by molar-refractivity contribution is -0.170. The van der Waals surface area contributed by atoms with Gasteiger partial charge >= 0.3 is 6.61 Å². The predicted octanol–water partition coefficient (Wildman–Crippen LogP) is 2.08. The number of alkyl halides is 2. The molecule has 19 heavy (non-hydrogen) atoms. The second kappa shape index (κ2) is 5.94. The van der Waals surface area contributed by atoms with Crippen molar-refractivity contribution in [1.82, 2.24) is 4.31 Å². The number of ether oxygens (including phenoxy) is 1. The van der Waals surface area contributed by atoms with Crippen LogP contribution in [0.4, 0.5) is 8.78 Å². The first kappa shape index (κ1) is 14.4. The summed E-state index contributed by atoms with van der Waals surface area (Å²) in [6.07, 6.45) is 0.00881. The van der Waals surface area contributed by atoms with Gasteiger partial charge in [0, 0.05) is 13.1 Å². The molecule has 1 aliphatic rings. The van der Waals surface area contributed by atoms with Crippen LogP contribution in [0.3, 0.4) is 0 Å². The van der Waals surface area contributed by atoms with Crippen LogP contribution in [-0.4, -0.2) is 38.5 Å². The van der Waals surface area contributed by atoms with Crippen LogP contribution >= 0.6 is 0 Å². The third-order valence-corrected chi connectivity index (χ3v) is 4.99. The Kier molecular flexibility index (Phi) is 4.49. The van der Waals surface area contributed by atoms with E-state index in [1.165, 1.54) is 16.4 Å². The largest absolute Gasteiger partial charge is 0.345 e. The normalized spacial score (nSPS) is 18.9. The molecule has 0 amide bonds. The molecule has 4 nitrogen and oxygen atoms in total. The van der Waals surface area contributed by atoms with E-state index in [0.29, 0.717) is 0 Å². The fraction of sp³-hybridized carbons (Fsp3) is 0.500. The van der Waals surface area contributed by atoms with Gasteiger partial charge in [0.1, 0.15) is 0 Å². The summed E-state index contributed by atoms with van der Waals surface area (Å²) in [5, 5.41) is 0. The van der Waals surface area contributed by atoms with Crippen LogP contribution in [0.1, 0.15) is 12.8 Å². The van der Waals surface area contributed by atoms with Gasteiger partial charge in [0.15, 0.2) is 0 Å². The van der Waals surface area contributed by atoms with Crippen molar-refractivity contribution in [1.29, 1.82) is 0 Å². The van der Waals surface area contributed by atoms with Gasteiger partial charge in [0.2, 0.25) is 10.0 Å². The predicted molar refractivity (Wildman–Crippen MR) is 65.3 cm³/mol. The van der Waals surface area contributed by atoms with E-state index in [9.17, 15) is 17.2 Å². The highest BCUT2D eigenvalue weighted by atomic mass is 32.2. The second-order valence-electron chi connectivity index (χ2n) is 4.31. The molecule has 0 saturated carbocycles. The van der Waals surface area contributed by atoms with Crippen LogP contribution in [0.2, 0.25) is 0 Å². The monoisotopic (exact) mass is 291 g/mol. The molecule has 1 aromatic carbocycles. The van der Waals surface area contributed by atoms with Gasteiger partial charge in [-0.05, 0) is 25.0 Å². The van der Waals surface area contributed by atoms with Crippen molar-refractivity contribution in [2.45, 2.75) is 30.5 Å². The van der Waals surface area contributed by atoms with E-state index < -0.39 is 22.7 Å². The van der Waals surface area contributed by atoms with E-state index in [0.717, 1.165) is 0 Å². The molecule has 0 bridgehead atoms. The highest BCUT2D eigenvalue weighted by Crippen LogP contribution is 2.22. The standard InChI is InChI=1S/C12H15F2NO3S/c13-12(14)18-10-6-8-15(9-7-10)19(16,17)11-4-2-1-3-5-11/h1-5,10,12H,6-9H2. The zero-order valence-corrected chi connectivity index (χ0v) is 11.0. The summed E-state index contributed by atoms with van der Waals surface area (Å²) in [6, 6.07) is 8.09. The topological polar surface area (TPSA) is 46.6 Å². The molecule has 7 heteroatoms. The van der Waals surface area contributed by atoms with Crippen molar-refractivity contribution in [3.63, 3.8) is 0 Å². The van der Waals surface area contributed by atoms with Gasteiger partial charge < -0.3 is 4.74 Å². The Labute approximate surface area is 111 Å². The van der Waals surface area contributed by atoms with Crippen molar-refractivity contribution >= 4 is 10.0 Å². The minimum Gasteiger partial charge on any atom is -0.320 e. The molecule has 1 heterocycles. The fourth-order valence-corrected chi connectivity index (χ4v) is 3.59. The molecule has 0 radical (unpaired) electrons. The summed E-state index contributed by atoms with van der Waals surface area (Å²) in [6.45, 7) is -2.40. The zero-order chi connectivity index (χ0) is 13.9. The van der Waals surface area contributed by atoms with Gasteiger partial charge in [-0.1, -0.05) is 18.2 Å². The molecule has 1 aliphatic heterocycles. The average molecular weight is 291 g/mol. The number of benzene rings is 1. The summed E-state index contributed by atoms with van der Waals surface area (Å²) in [4.78, 5) is 0.225. The van der Waals surface area contributed by atoms with Crippen molar-refractivity contribution in [2.75, 3.05) is 13.1 Å². The molecule has 1 fully saturated rings. The number of hydrogen-bond donors (Lipinski definition) is 0. The van der Waals surface area contributed by atoms with Gasteiger partial charge in [-0.25, -0.2) is 8.42 Å². The number of sulfonamides is 1. The highest BCUT2D eigenvalue weighted by molar-refractivity contribution is 7.89. The third kappa shape index (κ3) is 3.49. The Hall–Kier alpha value is -1.05. The van der Waals surface area contributed by atoms with Crippen molar-refractivity contribution < 1.29 is 21.9 Å². The molecule has 0 aromatic heterocycles. The third-order valence-electron chi connectivity index (χ3n) is 3.08. The zero-order valence-electron chi connectivity index (χ0n) is 10.2. The lowest BCUT2D eigenvalue weighted by Gasteiger charge is -2.30. The molecule has 0 unspecified atom stereocenters. The number of halogens is 2. The van der Waals surface area contributed by atoms with E-state index in [1.807, 2.05) is 0 Å². The van der Waals surface area contributed by atoms with Crippen molar-refractivity contribution in [2.24, 2.45) is 0 Å². The lowest BCUT2D eigenvalue weighted by atomic mass is 10.1. The molecule has 106 valence electrons. The molecular formula is C12H15F2NO3S. The van der Waals surface area contributed by atoms with Crippen LogP contribution < -0.4 is 0 Å². The summed E-state index contributed by atoms with van der Waals surface area (Å²) < 4.78 is 54.3. The maximum atomic E-state index is 12.3. The minimum atomic E-state index is -3.52. The summed E-state index contributed by atoms with van der Waals surface area (Å²) >= 11 is 0. The molecule has 0 aliphatic carbocycles. The SMILES string of the molecule is O=S(=O)(c1ccccc1)N1CCC(OC(F)F)CC1. The molecular weight excluding hydrogens is 276 g/mol. The lowest BCUT2D eigenvalue weighted by Crippen LogP contribution is -2.41. The van der Waals surface area contributed by atoms with E-state index in [4.69, 9.17) is 0 Å². The Morgan fingerprint density at radius 1 is 1.16 bits per heavy atom. The van der Waals surface area contributed by atoms with Gasteiger partial charge in [-0.15, -0.1) is 0 Å². The molecule has 1 aromatic rings. The first-order valence-corrected chi connectivity index (χ1v) is 7.43. The van der Waals surface area contributed by atoms with E-state index >= 15 is 0 Å². The minimum absolute atomic E-state index is 0.203. The number of nitrogens with zero attached hydrogens (tertiary/aromatic N) is 1. The second-order valence-corrected chi connectivity index (χ2v) is 6.25. The fourth-order valence-electron chi connectivity index (χ4n) is 2.10. The number of rotatable bonds is 4. The van der Waals surface area contributed by atoms with Gasteiger partial charge in [-0.3, -0.25) is 0 Å². The smallest absolute Gasteiger partial charge is 0.320 e. The average Bonchev–Trinajstić information content (AvgIpc) is 2.40. The van der Waals surface area contributed by atoms with Crippen LogP contribution in [0.25, 0.3) is 0 Å². The van der Waals surface area contributed by atoms with E-state index in [2.05, 4.69) is 4.74 Å². The molecule has 0 atom stereocenters. The highest BCUT2D eigenvalue weighted by Gasteiger charge is 2.30. The Morgan fingerprint density at radius 3 is 2.26 bits per heavy atom. The molecule has 2 rings (SSSR count). The Morgan fingerprint density at radius 2 is 1.74 bits per heavy atom. The Bertz CT molecular complexity index is 499. The first-order chi connectivity index (χ1) is 9.00. The van der Waals surface area contributed by atoms with Gasteiger partial charge in [-0.2, -0.15) is 13.1 Å². The maximum absolute atomic E-state index is 12.3. The quantitative estimate of drug-likeness (QED) is 0.853. The first-order valence-electron chi connectivity index (χ1n) is 5.99. The summed E-state index contributed by atoms with van der Waals surface area (Å²) in [7, 11) is -3.52. The van der Waals surface area contributed by atoms with Crippen LogP contribution in [-0.2, 0) is 14.8 Å². The maximum Gasteiger partial charge on any atom is 0.345 e. The van der Waals surface area contributed by atoms with Crippen molar-refractivity contribution in [3.05, 3.63) is 30.3 Å². The van der Waals surface area contributed by atoms with Gasteiger partial charge in [0.05, 0.1) is 11.0 Å². The molecule has 1 saturated heterocycles. The Balaban J connectivity index is 2.01.